The number of rotatable bonds is 10. The van der Waals surface area contributed by atoms with Gasteiger partial charge in [0.25, 0.3) is 0 Å². The fourth-order valence-electron chi connectivity index (χ4n) is 2.96. The van der Waals surface area contributed by atoms with E-state index in [0.717, 1.165) is 19.3 Å². The van der Waals surface area contributed by atoms with Gasteiger partial charge in [0.05, 0.1) is 6.10 Å². The monoisotopic (exact) mass is 316 g/mol. The normalized spacial score (nSPS) is 14.0. The lowest BCUT2D eigenvalue weighted by molar-refractivity contribution is 0.193. The molecule has 1 nitrogen and oxygen atoms in total. The zero-order valence-electron chi connectivity index (χ0n) is 15.6. The Morgan fingerprint density at radius 2 is 1.70 bits per heavy atom. The Kier molecular flexibility index (Phi) is 9.24. The van der Waals surface area contributed by atoms with Crippen molar-refractivity contribution in [1.82, 2.24) is 0 Å². The SMILES string of the molecule is CCCCCCC/C(=C\C(C)(C)C)C(O)CCc1ccccc1. The molecule has 23 heavy (non-hydrogen) atoms. The lowest BCUT2D eigenvalue weighted by Crippen LogP contribution is -2.15. The third-order valence-electron chi connectivity index (χ3n) is 4.16. The molecule has 130 valence electrons. The van der Waals surface area contributed by atoms with Crippen LogP contribution in [0, 0.1) is 5.41 Å². The summed E-state index contributed by atoms with van der Waals surface area (Å²) >= 11 is 0. The van der Waals surface area contributed by atoms with Crippen molar-refractivity contribution < 1.29 is 5.11 Å². The first-order chi connectivity index (χ1) is 10.9. The van der Waals surface area contributed by atoms with E-state index < -0.39 is 0 Å². The summed E-state index contributed by atoms with van der Waals surface area (Å²) < 4.78 is 0. The predicted octanol–water partition coefficient (Wildman–Crippen LogP) is 6.31. The largest absolute Gasteiger partial charge is 0.389 e. The zero-order valence-corrected chi connectivity index (χ0v) is 15.6. The molecule has 1 aromatic carbocycles. The van der Waals surface area contributed by atoms with Crippen molar-refractivity contribution in [1.29, 1.82) is 0 Å². The molecule has 0 saturated heterocycles. The van der Waals surface area contributed by atoms with E-state index >= 15 is 0 Å². The topological polar surface area (TPSA) is 20.2 Å². The van der Waals surface area contributed by atoms with E-state index in [9.17, 15) is 5.11 Å². The number of aliphatic hydroxyl groups is 1. The van der Waals surface area contributed by atoms with Crippen molar-refractivity contribution in [2.45, 2.75) is 85.2 Å². The zero-order chi connectivity index (χ0) is 17.1. The van der Waals surface area contributed by atoms with Crippen LogP contribution in [0.5, 0.6) is 0 Å². The minimum absolute atomic E-state index is 0.131. The lowest BCUT2D eigenvalue weighted by atomic mass is 9.88. The summed E-state index contributed by atoms with van der Waals surface area (Å²) in [5.74, 6) is 0. The Balaban J connectivity index is 2.54. The Hall–Kier alpha value is -1.08. The number of aliphatic hydroxyl groups excluding tert-OH is 1. The van der Waals surface area contributed by atoms with Crippen LogP contribution in [0.25, 0.3) is 0 Å². The summed E-state index contributed by atoms with van der Waals surface area (Å²) in [6, 6.07) is 10.5. The lowest BCUT2D eigenvalue weighted by Gasteiger charge is -2.21. The highest BCUT2D eigenvalue weighted by molar-refractivity contribution is 5.17. The van der Waals surface area contributed by atoms with Gasteiger partial charge in [0.1, 0.15) is 0 Å². The van der Waals surface area contributed by atoms with Crippen molar-refractivity contribution >= 4 is 0 Å². The van der Waals surface area contributed by atoms with E-state index in [4.69, 9.17) is 0 Å². The highest BCUT2D eigenvalue weighted by Gasteiger charge is 2.15. The van der Waals surface area contributed by atoms with Crippen LogP contribution < -0.4 is 0 Å². The van der Waals surface area contributed by atoms with Gasteiger partial charge >= 0.3 is 0 Å². The van der Waals surface area contributed by atoms with Gasteiger partial charge in [0.15, 0.2) is 0 Å². The molecule has 0 saturated carbocycles. The van der Waals surface area contributed by atoms with Gasteiger partial charge in [-0.05, 0) is 42.2 Å². The molecule has 1 N–H and O–H groups in total. The number of hydrogen-bond donors (Lipinski definition) is 1. The minimum Gasteiger partial charge on any atom is -0.389 e. The summed E-state index contributed by atoms with van der Waals surface area (Å²) in [5.41, 5.74) is 2.68. The van der Waals surface area contributed by atoms with Crippen LogP contribution in [-0.2, 0) is 6.42 Å². The summed E-state index contributed by atoms with van der Waals surface area (Å²) in [6.45, 7) is 8.90. The molecule has 0 aliphatic heterocycles. The highest BCUT2D eigenvalue weighted by atomic mass is 16.3. The number of aryl methyl sites for hydroxylation is 1. The second kappa shape index (κ2) is 10.6. The van der Waals surface area contributed by atoms with Crippen LogP contribution in [-0.4, -0.2) is 11.2 Å². The fraction of sp³-hybridized carbons (Fsp3) is 0.636. The second-order valence-electron chi connectivity index (χ2n) is 7.79. The van der Waals surface area contributed by atoms with Gasteiger partial charge in [-0.15, -0.1) is 0 Å². The van der Waals surface area contributed by atoms with Crippen LogP contribution in [0.15, 0.2) is 42.0 Å². The first-order valence-electron chi connectivity index (χ1n) is 9.36. The molecule has 0 aromatic heterocycles. The van der Waals surface area contributed by atoms with Crippen LogP contribution in [0.4, 0.5) is 0 Å². The average Bonchev–Trinajstić information content (AvgIpc) is 2.51. The van der Waals surface area contributed by atoms with E-state index in [0.29, 0.717) is 0 Å². The van der Waals surface area contributed by atoms with Gasteiger partial charge in [-0.3, -0.25) is 0 Å². The third kappa shape index (κ3) is 9.61. The van der Waals surface area contributed by atoms with E-state index in [1.807, 2.05) is 6.07 Å². The first kappa shape index (κ1) is 20.0. The molecule has 0 aliphatic rings. The minimum atomic E-state index is -0.305. The van der Waals surface area contributed by atoms with Crippen molar-refractivity contribution in [3.63, 3.8) is 0 Å². The van der Waals surface area contributed by atoms with Gasteiger partial charge < -0.3 is 5.11 Å². The Bertz CT molecular complexity index is 439. The molecule has 0 amide bonds. The van der Waals surface area contributed by atoms with Crippen molar-refractivity contribution in [3.05, 3.63) is 47.5 Å². The first-order valence-corrected chi connectivity index (χ1v) is 9.36. The molecular weight excluding hydrogens is 280 g/mol. The number of allylic oxidation sites excluding steroid dienone is 1. The van der Waals surface area contributed by atoms with Crippen LogP contribution in [0.3, 0.4) is 0 Å². The van der Waals surface area contributed by atoms with Gasteiger partial charge in [-0.25, -0.2) is 0 Å². The fourth-order valence-corrected chi connectivity index (χ4v) is 2.96. The van der Waals surface area contributed by atoms with E-state index in [2.05, 4.69) is 58.0 Å². The van der Waals surface area contributed by atoms with Crippen molar-refractivity contribution in [2.75, 3.05) is 0 Å². The second-order valence-corrected chi connectivity index (χ2v) is 7.79. The Morgan fingerprint density at radius 3 is 2.30 bits per heavy atom. The molecule has 0 bridgehead atoms. The van der Waals surface area contributed by atoms with Crippen molar-refractivity contribution in [2.24, 2.45) is 5.41 Å². The van der Waals surface area contributed by atoms with E-state index in [1.54, 1.807) is 0 Å². The maximum absolute atomic E-state index is 10.7. The molecule has 1 rings (SSSR count). The average molecular weight is 317 g/mol. The Morgan fingerprint density at radius 1 is 1.04 bits per heavy atom. The Labute approximate surface area is 143 Å². The predicted molar refractivity (Wildman–Crippen MR) is 102 cm³/mol. The molecular formula is C22H36O. The molecule has 0 fully saturated rings. The van der Waals surface area contributed by atoms with E-state index in [-0.39, 0.29) is 11.5 Å². The van der Waals surface area contributed by atoms with Crippen LogP contribution in [0.2, 0.25) is 0 Å². The van der Waals surface area contributed by atoms with Gasteiger partial charge in [-0.2, -0.15) is 0 Å². The standard InChI is InChI=1S/C22H36O/c1-5-6-7-8-12-15-20(18-22(2,3)4)21(23)17-16-19-13-10-9-11-14-19/h9-11,13-14,18,21,23H,5-8,12,15-17H2,1-4H3/b20-18+. The summed E-state index contributed by atoms with van der Waals surface area (Å²) in [6.07, 6.45) is 11.2. The quantitative estimate of drug-likeness (QED) is 0.396. The van der Waals surface area contributed by atoms with Crippen molar-refractivity contribution in [3.8, 4) is 0 Å². The molecule has 1 aromatic rings. The summed E-state index contributed by atoms with van der Waals surface area (Å²) in [4.78, 5) is 0. The number of unbranched alkanes of at least 4 members (excludes halogenated alkanes) is 4. The molecule has 0 heterocycles. The van der Waals surface area contributed by atoms with Gasteiger partial charge in [0.2, 0.25) is 0 Å². The van der Waals surface area contributed by atoms with Crippen LogP contribution >= 0.6 is 0 Å². The highest BCUT2D eigenvalue weighted by Crippen LogP contribution is 2.25. The van der Waals surface area contributed by atoms with Gasteiger partial charge in [-0.1, -0.05) is 89.8 Å². The molecule has 0 aliphatic carbocycles. The molecule has 1 unspecified atom stereocenters. The number of hydrogen-bond acceptors (Lipinski definition) is 1. The molecule has 0 radical (unpaired) electrons. The summed E-state index contributed by atoms with van der Waals surface area (Å²) in [5, 5.41) is 10.7. The van der Waals surface area contributed by atoms with Gasteiger partial charge in [0, 0.05) is 0 Å². The molecule has 1 heteroatoms. The maximum atomic E-state index is 10.7. The smallest absolute Gasteiger partial charge is 0.0753 e. The maximum Gasteiger partial charge on any atom is 0.0753 e. The summed E-state index contributed by atoms with van der Waals surface area (Å²) in [7, 11) is 0. The van der Waals surface area contributed by atoms with Crippen LogP contribution in [0.1, 0.15) is 78.2 Å². The molecule has 1 atom stereocenters. The number of benzene rings is 1. The third-order valence-corrected chi connectivity index (χ3v) is 4.16. The van der Waals surface area contributed by atoms with E-state index in [1.165, 1.54) is 43.2 Å². The molecule has 0 spiro atoms.